The summed E-state index contributed by atoms with van der Waals surface area (Å²) < 4.78 is 10.2. The first-order valence-corrected chi connectivity index (χ1v) is 10.2. The third-order valence-corrected chi connectivity index (χ3v) is 4.40. The monoisotopic (exact) mass is 427 g/mol. The fourth-order valence-corrected chi connectivity index (χ4v) is 2.73. The summed E-state index contributed by atoms with van der Waals surface area (Å²) in [6, 6.07) is 13.5. The van der Waals surface area contributed by atoms with E-state index in [1.54, 1.807) is 60.5 Å². The van der Waals surface area contributed by atoms with Crippen LogP contribution in [-0.2, 0) is 14.3 Å². The van der Waals surface area contributed by atoms with Crippen molar-refractivity contribution in [2.24, 2.45) is 0 Å². The Balaban J connectivity index is 1.83. The number of rotatable bonds is 11. The molecule has 0 aromatic heterocycles. The SMILES string of the molecule is CCCOC(=O)c1ccc(NC(=O)CN(CC)CC(=O)Nc2ccc(OC)cc2)cc1. The third-order valence-electron chi connectivity index (χ3n) is 4.40. The van der Waals surface area contributed by atoms with Gasteiger partial charge in [0.2, 0.25) is 11.8 Å². The molecule has 166 valence electrons. The molecule has 0 spiro atoms. The Morgan fingerprint density at radius 1 is 0.839 bits per heavy atom. The van der Waals surface area contributed by atoms with E-state index in [4.69, 9.17) is 9.47 Å². The first-order valence-electron chi connectivity index (χ1n) is 10.2. The third kappa shape index (κ3) is 8.10. The lowest BCUT2D eigenvalue weighted by Gasteiger charge is -2.19. The van der Waals surface area contributed by atoms with Gasteiger partial charge >= 0.3 is 5.97 Å². The molecule has 2 aromatic carbocycles. The number of amides is 2. The van der Waals surface area contributed by atoms with Crippen LogP contribution in [-0.4, -0.2) is 56.0 Å². The summed E-state index contributed by atoms with van der Waals surface area (Å²) in [6.45, 7) is 4.85. The highest BCUT2D eigenvalue weighted by Gasteiger charge is 2.14. The van der Waals surface area contributed by atoms with E-state index in [9.17, 15) is 14.4 Å². The highest BCUT2D eigenvalue weighted by Crippen LogP contribution is 2.15. The van der Waals surface area contributed by atoms with E-state index in [1.165, 1.54) is 0 Å². The van der Waals surface area contributed by atoms with Crippen LogP contribution in [0.25, 0.3) is 0 Å². The lowest BCUT2D eigenvalue weighted by molar-refractivity contribution is -0.119. The Morgan fingerprint density at radius 2 is 1.35 bits per heavy atom. The summed E-state index contributed by atoms with van der Waals surface area (Å²) in [5, 5.41) is 5.57. The van der Waals surface area contributed by atoms with Crippen LogP contribution in [0.4, 0.5) is 11.4 Å². The second-order valence-electron chi connectivity index (χ2n) is 6.84. The number of ether oxygens (including phenoxy) is 2. The average Bonchev–Trinajstić information content (AvgIpc) is 2.77. The number of nitrogens with zero attached hydrogens (tertiary/aromatic N) is 1. The van der Waals surface area contributed by atoms with Gasteiger partial charge < -0.3 is 20.1 Å². The molecule has 0 saturated heterocycles. The molecule has 8 nitrogen and oxygen atoms in total. The molecular formula is C23H29N3O5. The number of anilines is 2. The zero-order chi connectivity index (χ0) is 22.6. The highest BCUT2D eigenvalue weighted by atomic mass is 16.5. The summed E-state index contributed by atoms with van der Waals surface area (Å²) in [5.41, 5.74) is 1.65. The minimum Gasteiger partial charge on any atom is -0.497 e. The van der Waals surface area contributed by atoms with Crippen molar-refractivity contribution in [3.05, 3.63) is 54.1 Å². The number of nitrogens with one attached hydrogen (secondary N) is 2. The molecule has 0 aliphatic carbocycles. The van der Waals surface area contributed by atoms with Crippen molar-refractivity contribution in [3.8, 4) is 5.75 Å². The molecule has 0 saturated carbocycles. The standard InChI is InChI=1S/C23H29N3O5/c1-4-14-31-23(29)17-6-8-18(9-7-17)24-21(27)15-26(5-2)16-22(28)25-19-10-12-20(30-3)13-11-19/h6-13H,4-5,14-16H2,1-3H3,(H,24,27)(H,25,28). The Bertz CT molecular complexity index is 866. The van der Waals surface area contributed by atoms with Crippen LogP contribution in [0.15, 0.2) is 48.5 Å². The number of likely N-dealkylation sites (N-methyl/N-ethyl adjacent to an activating group) is 1. The Labute approximate surface area is 182 Å². The quantitative estimate of drug-likeness (QED) is 0.535. The zero-order valence-electron chi connectivity index (χ0n) is 18.1. The molecule has 0 bridgehead atoms. The van der Waals surface area contributed by atoms with E-state index in [0.717, 1.165) is 6.42 Å². The van der Waals surface area contributed by atoms with Gasteiger partial charge in [-0.1, -0.05) is 13.8 Å². The van der Waals surface area contributed by atoms with Gasteiger partial charge in [0.15, 0.2) is 0 Å². The van der Waals surface area contributed by atoms with Gasteiger partial charge in [0.05, 0.1) is 32.4 Å². The molecule has 8 heteroatoms. The van der Waals surface area contributed by atoms with Crippen LogP contribution in [0.5, 0.6) is 5.75 Å². The number of carbonyl (C=O) groups is 3. The number of esters is 1. The smallest absolute Gasteiger partial charge is 0.338 e. The number of carbonyl (C=O) groups excluding carboxylic acids is 3. The molecule has 0 aliphatic heterocycles. The van der Waals surface area contributed by atoms with E-state index in [0.29, 0.717) is 35.8 Å². The van der Waals surface area contributed by atoms with E-state index < -0.39 is 0 Å². The molecule has 0 heterocycles. The lowest BCUT2D eigenvalue weighted by Crippen LogP contribution is -2.38. The van der Waals surface area contributed by atoms with E-state index >= 15 is 0 Å². The van der Waals surface area contributed by atoms with Crippen molar-refractivity contribution in [3.63, 3.8) is 0 Å². The molecule has 0 fully saturated rings. The van der Waals surface area contributed by atoms with E-state index in [1.807, 2.05) is 13.8 Å². The van der Waals surface area contributed by atoms with Gasteiger partial charge in [0, 0.05) is 11.4 Å². The molecule has 2 N–H and O–H groups in total. The van der Waals surface area contributed by atoms with Crippen molar-refractivity contribution in [2.45, 2.75) is 20.3 Å². The predicted molar refractivity (Wildman–Crippen MR) is 119 cm³/mol. The van der Waals surface area contributed by atoms with Crippen molar-refractivity contribution in [2.75, 3.05) is 44.0 Å². The summed E-state index contributed by atoms with van der Waals surface area (Å²) >= 11 is 0. The average molecular weight is 428 g/mol. The van der Waals surface area contributed by atoms with Gasteiger partial charge in [-0.3, -0.25) is 14.5 Å². The fraction of sp³-hybridized carbons (Fsp3) is 0.348. The lowest BCUT2D eigenvalue weighted by atomic mass is 10.2. The van der Waals surface area contributed by atoms with Gasteiger partial charge in [-0.15, -0.1) is 0 Å². The second-order valence-corrected chi connectivity index (χ2v) is 6.84. The normalized spacial score (nSPS) is 10.5. The zero-order valence-corrected chi connectivity index (χ0v) is 18.1. The first kappa shape index (κ1) is 23.9. The molecule has 0 atom stereocenters. The summed E-state index contributed by atoms with van der Waals surface area (Å²) in [7, 11) is 1.58. The summed E-state index contributed by atoms with van der Waals surface area (Å²) in [4.78, 5) is 38.2. The Hall–Kier alpha value is -3.39. The topological polar surface area (TPSA) is 97.0 Å². The molecule has 2 aromatic rings. The fourth-order valence-electron chi connectivity index (χ4n) is 2.73. The maximum Gasteiger partial charge on any atom is 0.338 e. The van der Waals surface area contributed by atoms with Crippen molar-refractivity contribution >= 4 is 29.2 Å². The summed E-state index contributed by atoms with van der Waals surface area (Å²) in [5.74, 6) is -0.148. The van der Waals surface area contributed by atoms with Gasteiger partial charge in [0.1, 0.15) is 5.75 Å². The predicted octanol–water partition coefficient (Wildman–Crippen LogP) is 3.16. The maximum absolute atomic E-state index is 12.4. The molecular weight excluding hydrogens is 398 g/mol. The van der Waals surface area contributed by atoms with Gasteiger partial charge in [-0.25, -0.2) is 4.79 Å². The molecule has 31 heavy (non-hydrogen) atoms. The van der Waals surface area contributed by atoms with Crippen molar-refractivity contribution in [1.82, 2.24) is 4.90 Å². The number of methoxy groups -OCH3 is 1. The largest absolute Gasteiger partial charge is 0.497 e. The molecule has 0 unspecified atom stereocenters. The van der Waals surface area contributed by atoms with Crippen LogP contribution >= 0.6 is 0 Å². The molecule has 2 rings (SSSR count). The van der Waals surface area contributed by atoms with Crippen LogP contribution in [0.3, 0.4) is 0 Å². The maximum atomic E-state index is 12.4. The second kappa shape index (κ2) is 12.3. The van der Waals surface area contributed by atoms with E-state index in [2.05, 4.69) is 10.6 Å². The minimum absolute atomic E-state index is 0.0623. The number of hydrogen-bond donors (Lipinski definition) is 2. The van der Waals surface area contributed by atoms with E-state index in [-0.39, 0.29) is 30.9 Å². The van der Waals surface area contributed by atoms with Crippen LogP contribution < -0.4 is 15.4 Å². The van der Waals surface area contributed by atoms with Crippen molar-refractivity contribution < 1.29 is 23.9 Å². The Morgan fingerprint density at radius 3 is 1.81 bits per heavy atom. The molecule has 0 aliphatic rings. The van der Waals surface area contributed by atoms with Gasteiger partial charge in [-0.2, -0.15) is 0 Å². The van der Waals surface area contributed by atoms with Gasteiger partial charge in [0.25, 0.3) is 0 Å². The summed E-state index contributed by atoms with van der Waals surface area (Å²) in [6.07, 6.45) is 0.756. The molecule has 0 radical (unpaired) electrons. The first-order chi connectivity index (χ1) is 14.9. The number of benzene rings is 2. The number of hydrogen-bond acceptors (Lipinski definition) is 6. The highest BCUT2D eigenvalue weighted by molar-refractivity contribution is 5.95. The molecule has 2 amide bonds. The van der Waals surface area contributed by atoms with Crippen molar-refractivity contribution in [1.29, 1.82) is 0 Å². The van der Waals surface area contributed by atoms with Gasteiger partial charge in [-0.05, 0) is 61.5 Å². The Kier molecular flexibility index (Phi) is 9.51. The minimum atomic E-state index is -0.389. The van der Waals surface area contributed by atoms with Crippen LogP contribution in [0.1, 0.15) is 30.6 Å². The van der Waals surface area contributed by atoms with Crippen LogP contribution in [0.2, 0.25) is 0 Å². The van der Waals surface area contributed by atoms with Crippen LogP contribution in [0, 0.1) is 0 Å².